The highest BCUT2D eigenvalue weighted by Crippen LogP contribution is 2.31. The first-order chi connectivity index (χ1) is 19.9. The van der Waals surface area contributed by atoms with Crippen molar-refractivity contribution >= 4 is 28.1 Å². The molecule has 3 N–H and O–H groups in total. The van der Waals surface area contributed by atoms with Gasteiger partial charge < -0.3 is 15.8 Å². The van der Waals surface area contributed by atoms with Crippen LogP contribution in [0.15, 0.2) is 90.1 Å². The van der Waals surface area contributed by atoms with Crippen molar-refractivity contribution in [2.75, 3.05) is 12.8 Å². The number of halogens is 1. The Kier molecular flexibility index (Phi) is 6.38. The van der Waals surface area contributed by atoms with Crippen LogP contribution in [-0.2, 0) is 0 Å². The van der Waals surface area contributed by atoms with Crippen molar-refractivity contribution in [2.45, 2.75) is 13.0 Å². The topological polar surface area (TPSA) is 129 Å². The number of carbonyl (C=O) groups is 1. The zero-order valence-corrected chi connectivity index (χ0v) is 22.1. The molecule has 6 aromatic rings. The lowest BCUT2D eigenvalue weighted by Crippen LogP contribution is -2.32. The summed E-state index contributed by atoms with van der Waals surface area (Å²) in [5.74, 6) is -0.597. The van der Waals surface area contributed by atoms with Crippen LogP contribution < -0.4 is 21.3 Å². The quantitative estimate of drug-likeness (QED) is 0.317. The molecule has 6 rings (SSSR count). The fraction of sp³-hybridized carbons (Fsp3) is 0.100. The Morgan fingerprint density at radius 3 is 2.68 bits per heavy atom. The van der Waals surface area contributed by atoms with E-state index in [1.807, 2.05) is 24.3 Å². The molecule has 2 aromatic carbocycles. The number of methoxy groups -OCH3 is 1. The molecule has 10 nitrogen and oxygen atoms in total. The number of hydrogen-bond acceptors (Lipinski definition) is 7. The smallest absolute Gasteiger partial charge is 0.263 e. The molecular formula is C30H24FN7O3. The minimum atomic E-state index is -0.703. The van der Waals surface area contributed by atoms with E-state index in [0.717, 1.165) is 5.56 Å². The van der Waals surface area contributed by atoms with Crippen molar-refractivity contribution in [1.29, 1.82) is 0 Å². The number of carbonyl (C=O) groups excluding carboxylic acids is 1. The number of hydrogen-bond donors (Lipinski definition) is 2. The fourth-order valence-corrected chi connectivity index (χ4v) is 4.98. The number of aromatic nitrogens is 5. The molecule has 4 aromatic heterocycles. The molecule has 0 aliphatic rings. The average molecular weight is 550 g/mol. The summed E-state index contributed by atoms with van der Waals surface area (Å²) < 4.78 is 22.5. The third-order valence-electron chi connectivity index (χ3n) is 6.84. The highest BCUT2D eigenvalue weighted by Gasteiger charge is 2.24. The van der Waals surface area contributed by atoms with Crippen LogP contribution in [0.25, 0.3) is 33.2 Å². The van der Waals surface area contributed by atoms with Gasteiger partial charge in [0.1, 0.15) is 11.4 Å². The average Bonchev–Trinajstić information content (AvgIpc) is 3.32. The van der Waals surface area contributed by atoms with Gasteiger partial charge in [0.2, 0.25) is 5.88 Å². The minimum Gasteiger partial charge on any atom is -0.481 e. The first-order valence-electron chi connectivity index (χ1n) is 12.7. The molecule has 0 bridgehead atoms. The summed E-state index contributed by atoms with van der Waals surface area (Å²) in [6.07, 6.45) is 4.78. The highest BCUT2D eigenvalue weighted by atomic mass is 19.1. The van der Waals surface area contributed by atoms with E-state index in [2.05, 4.69) is 20.4 Å². The fourth-order valence-electron chi connectivity index (χ4n) is 4.98. The molecule has 0 saturated carbocycles. The van der Waals surface area contributed by atoms with E-state index in [1.54, 1.807) is 43.6 Å². The number of anilines is 1. The lowest BCUT2D eigenvalue weighted by atomic mass is 9.98. The van der Waals surface area contributed by atoms with Gasteiger partial charge >= 0.3 is 0 Å². The summed E-state index contributed by atoms with van der Waals surface area (Å²) in [4.78, 5) is 36.1. The Hall–Kier alpha value is -5.58. The van der Waals surface area contributed by atoms with E-state index in [-0.39, 0.29) is 16.9 Å². The summed E-state index contributed by atoms with van der Waals surface area (Å²) in [7, 11) is 1.52. The van der Waals surface area contributed by atoms with Crippen LogP contribution in [0.1, 0.15) is 29.0 Å². The van der Waals surface area contributed by atoms with E-state index in [4.69, 9.17) is 10.5 Å². The number of benzene rings is 2. The van der Waals surface area contributed by atoms with E-state index >= 15 is 0 Å². The van der Waals surface area contributed by atoms with Crippen molar-refractivity contribution in [1.82, 2.24) is 29.5 Å². The summed E-state index contributed by atoms with van der Waals surface area (Å²) in [5.41, 5.74) is 8.23. The molecule has 1 unspecified atom stereocenters. The minimum absolute atomic E-state index is 0.0202. The Bertz CT molecular complexity index is 2020. The first-order valence-corrected chi connectivity index (χ1v) is 12.7. The second kappa shape index (κ2) is 10.2. The van der Waals surface area contributed by atoms with Crippen LogP contribution in [0.2, 0.25) is 0 Å². The number of nitrogens with two attached hydrogens (primary N) is 1. The van der Waals surface area contributed by atoms with Gasteiger partial charge in [0.25, 0.3) is 11.5 Å². The maximum absolute atomic E-state index is 14.4. The van der Waals surface area contributed by atoms with E-state index in [9.17, 15) is 14.0 Å². The summed E-state index contributed by atoms with van der Waals surface area (Å²) in [6.45, 7) is 1.74. The molecule has 204 valence electrons. The summed E-state index contributed by atoms with van der Waals surface area (Å²) in [5, 5.41) is 8.14. The van der Waals surface area contributed by atoms with Crippen LogP contribution in [-0.4, -0.2) is 37.2 Å². The molecule has 0 aliphatic carbocycles. The molecule has 0 aliphatic heterocycles. The largest absolute Gasteiger partial charge is 0.481 e. The van der Waals surface area contributed by atoms with Gasteiger partial charge in [-0.1, -0.05) is 24.3 Å². The SMILES string of the molecule is COc1cc(-c2cccc3cc(C(C)NC(=O)c4c(N)nn5cccnc45)n(-c4cccc(F)c4)c(=O)c23)ccn1. The maximum atomic E-state index is 14.4. The van der Waals surface area contributed by atoms with Crippen molar-refractivity contribution in [3.8, 4) is 22.7 Å². The van der Waals surface area contributed by atoms with Gasteiger partial charge in [0, 0.05) is 30.4 Å². The molecule has 4 heterocycles. The first kappa shape index (κ1) is 25.7. The number of fused-ring (bicyclic) bond motifs is 2. The second-order valence-corrected chi connectivity index (χ2v) is 9.39. The van der Waals surface area contributed by atoms with E-state index < -0.39 is 17.8 Å². The number of nitrogens with one attached hydrogen (secondary N) is 1. The molecule has 1 atom stereocenters. The summed E-state index contributed by atoms with van der Waals surface area (Å²) >= 11 is 0. The van der Waals surface area contributed by atoms with Gasteiger partial charge in [-0.2, -0.15) is 0 Å². The van der Waals surface area contributed by atoms with E-state index in [1.165, 1.54) is 40.6 Å². The highest BCUT2D eigenvalue weighted by molar-refractivity contribution is 6.04. The van der Waals surface area contributed by atoms with Gasteiger partial charge in [-0.3, -0.25) is 14.2 Å². The third-order valence-corrected chi connectivity index (χ3v) is 6.84. The molecule has 0 fully saturated rings. The molecule has 0 saturated heterocycles. The standard InChI is InChI=1S/C30H24FN7O3/c1-17(35-29(39)26-27(32)36-37-13-5-11-34-28(26)37)23-14-19-6-3-9-22(18-10-12-33-24(15-18)41-2)25(19)30(40)38(23)21-8-4-7-20(31)16-21/h3-17H,1-2H3,(H2,32,36)(H,35,39). The number of rotatable bonds is 6. The molecule has 11 heteroatoms. The van der Waals surface area contributed by atoms with Crippen molar-refractivity contribution < 1.29 is 13.9 Å². The van der Waals surface area contributed by atoms with Gasteiger partial charge in [-0.25, -0.2) is 18.9 Å². The van der Waals surface area contributed by atoms with E-state index in [0.29, 0.717) is 39.2 Å². The number of pyridine rings is 2. The Balaban J connectivity index is 1.53. The third kappa shape index (κ3) is 4.52. The molecule has 0 spiro atoms. The number of amides is 1. The Morgan fingerprint density at radius 2 is 1.88 bits per heavy atom. The monoisotopic (exact) mass is 549 g/mol. The normalized spacial score (nSPS) is 12.0. The zero-order chi connectivity index (χ0) is 28.7. The number of ether oxygens (including phenoxy) is 1. The maximum Gasteiger partial charge on any atom is 0.263 e. The van der Waals surface area contributed by atoms with Gasteiger partial charge in [0.05, 0.1) is 24.2 Å². The predicted octanol–water partition coefficient (Wildman–Crippen LogP) is 4.32. The molecule has 41 heavy (non-hydrogen) atoms. The van der Waals surface area contributed by atoms with Crippen molar-refractivity contribution in [3.63, 3.8) is 0 Å². The van der Waals surface area contributed by atoms with Crippen molar-refractivity contribution in [2.24, 2.45) is 0 Å². The molecule has 1 amide bonds. The Morgan fingerprint density at radius 1 is 1.05 bits per heavy atom. The van der Waals surface area contributed by atoms with Crippen LogP contribution >= 0.6 is 0 Å². The van der Waals surface area contributed by atoms with Crippen LogP contribution in [0, 0.1) is 5.82 Å². The lowest BCUT2D eigenvalue weighted by Gasteiger charge is -2.22. The van der Waals surface area contributed by atoms with Crippen molar-refractivity contribution in [3.05, 3.63) is 113 Å². The van der Waals surface area contributed by atoms with Crippen LogP contribution in [0.4, 0.5) is 10.2 Å². The van der Waals surface area contributed by atoms with Gasteiger partial charge in [-0.15, -0.1) is 5.10 Å². The lowest BCUT2D eigenvalue weighted by molar-refractivity contribution is 0.0941. The van der Waals surface area contributed by atoms with Crippen LogP contribution in [0.5, 0.6) is 5.88 Å². The molecule has 0 radical (unpaired) electrons. The Labute approximate surface area is 232 Å². The number of nitrogen functional groups attached to an aromatic ring is 1. The van der Waals surface area contributed by atoms with Crippen LogP contribution in [0.3, 0.4) is 0 Å². The summed E-state index contributed by atoms with van der Waals surface area (Å²) in [6, 6.07) is 17.5. The van der Waals surface area contributed by atoms with Gasteiger partial charge in [-0.05, 0) is 59.8 Å². The molecular weight excluding hydrogens is 525 g/mol. The van der Waals surface area contributed by atoms with Gasteiger partial charge in [0.15, 0.2) is 11.5 Å². The second-order valence-electron chi connectivity index (χ2n) is 9.39. The predicted molar refractivity (Wildman–Crippen MR) is 153 cm³/mol. The zero-order valence-electron chi connectivity index (χ0n) is 22.1. The number of nitrogens with zero attached hydrogens (tertiary/aromatic N) is 5.